The van der Waals surface area contributed by atoms with Crippen LogP contribution in [0.15, 0.2) is 36.4 Å². The molecule has 8 heteroatoms. The van der Waals surface area contributed by atoms with Crippen LogP contribution in [0.4, 0.5) is 11.4 Å². The van der Waals surface area contributed by atoms with Crippen LogP contribution in [-0.2, 0) is 11.3 Å². The lowest BCUT2D eigenvalue weighted by Gasteiger charge is -2.17. The molecule has 0 aromatic heterocycles. The fourth-order valence-electron chi connectivity index (χ4n) is 2.48. The zero-order valence-corrected chi connectivity index (χ0v) is 16.8. The Bertz CT molecular complexity index is 876. The van der Waals surface area contributed by atoms with E-state index in [-0.39, 0.29) is 31.0 Å². The van der Waals surface area contributed by atoms with E-state index >= 15 is 0 Å². The lowest BCUT2D eigenvalue weighted by Crippen LogP contribution is -2.34. The zero-order valence-electron chi connectivity index (χ0n) is 16.0. The summed E-state index contributed by atoms with van der Waals surface area (Å²) in [6.45, 7) is 6.12. The number of hydrogen-bond donors (Lipinski definition) is 3. The van der Waals surface area contributed by atoms with Crippen LogP contribution in [0, 0.1) is 5.41 Å². The minimum absolute atomic E-state index is 0. The Labute approximate surface area is 170 Å². The van der Waals surface area contributed by atoms with Gasteiger partial charge in [-0.1, -0.05) is 32.9 Å². The molecule has 0 unspecified atom stereocenters. The Kier molecular flexibility index (Phi) is 6.41. The topological polar surface area (TPSA) is 103 Å². The summed E-state index contributed by atoms with van der Waals surface area (Å²) >= 11 is 0. The predicted molar refractivity (Wildman–Crippen MR) is 110 cm³/mol. The van der Waals surface area contributed by atoms with Gasteiger partial charge in [0.15, 0.2) is 11.5 Å². The number of halogens is 1. The molecule has 1 aliphatic rings. The fourth-order valence-corrected chi connectivity index (χ4v) is 2.48. The van der Waals surface area contributed by atoms with Crippen LogP contribution < -0.4 is 25.8 Å². The van der Waals surface area contributed by atoms with Crippen LogP contribution in [0.1, 0.15) is 36.7 Å². The highest BCUT2D eigenvalue weighted by atomic mass is 35.5. The molecular weight excluding hydrogens is 382 g/mol. The van der Waals surface area contributed by atoms with E-state index in [9.17, 15) is 9.59 Å². The molecule has 2 aromatic carbocycles. The minimum Gasteiger partial charge on any atom is -0.454 e. The van der Waals surface area contributed by atoms with Gasteiger partial charge in [0, 0.05) is 29.7 Å². The summed E-state index contributed by atoms with van der Waals surface area (Å²) in [6.07, 6.45) is 0. The number of rotatable bonds is 4. The first kappa shape index (κ1) is 21.4. The second-order valence-corrected chi connectivity index (χ2v) is 7.38. The molecule has 0 radical (unpaired) electrons. The third-order valence-electron chi connectivity index (χ3n) is 4.14. The van der Waals surface area contributed by atoms with Crippen molar-refractivity contribution in [2.45, 2.75) is 27.3 Å². The molecule has 0 bridgehead atoms. The molecule has 1 aliphatic heterocycles. The number of carbonyl (C=O) groups is 2. The highest BCUT2D eigenvalue weighted by Crippen LogP contribution is 2.38. The number of nitrogens with two attached hydrogens (primary N) is 1. The highest BCUT2D eigenvalue weighted by Gasteiger charge is 2.20. The summed E-state index contributed by atoms with van der Waals surface area (Å²) in [6, 6.07) is 10.3. The van der Waals surface area contributed by atoms with Gasteiger partial charge in [0.2, 0.25) is 12.7 Å². The van der Waals surface area contributed by atoms with Crippen molar-refractivity contribution >= 4 is 35.6 Å². The lowest BCUT2D eigenvalue weighted by molar-refractivity contribution is -0.128. The standard InChI is InChI=1S/C20H23N3O4.ClH/c1-20(2,3)19(25)22-10-12-4-6-13(7-5-12)18(24)23-15-9-17-16(8-14(15)21)26-11-27-17;/h4-9H,10-11,21H2,1-3H3,(H,22,25)(H,23,24);1H. The largest absolute Gasteiger partial charge is 0.454 e. The van der Waals surface area contributed by atoms with Crippen molar-refractivity contribution in [3.8, 4) is 11.5 Å². The molecule has 3 rings (SSSR count). The van der Waals surface area contributed by atoms with Crippen molar-refractivity contribution in [2.24, 2.45) is 5.41 Å². The van der Waals surface area contributed by atoms with Gasteiger partial charge in [0.25, 0.3) is 5.91 Å². The average molecular weight is 406 g/mol. The van der Waals surface area contributed by atoms with Crippen LogP contribution in [-0.4, -0.2) is 18.6 Å². The summed E-state index contributed by atoms with van der Waals surface area (Å²) in [5, 5.41) is 5.65. The van der Waals surface area contributed by atoms with Crippen LogP contribution in [0.25, 0.3) is 0 Å². The maximum atomic E-state index is 12.5. The van der Waals surface area contributed by atoms with E-state index in [1.807, 2.05) is 20.8 Å². The molecule has 1 heterocycles. The number of ether oxygens (including phenoxy) is 2. The molecule has 7 nitrogen and oxygen atoms in total. The summed E-state index contributed by atoms with van der Waals surface area (Å²) in [4.78, 5) is 24.4. The number of benzene rings is 2. The normalized spacial score (nSPS) is 12.1. The number of hydrogen-bond acceptors (Lipinski definition) is 5. The average Bonchev–Trinajstić information content (AvgIpc) is 3.06. The van der Waals surface area contributed by atoms with Crippen LogP contribution in [0.2, 0.25) is 0 Å². The van der Waals surface area contributed by atoms with Crippen molar-refractivity contribution in [3.63, 3.8) is 0 Å². The smallest absolute Gasteiger partial charge is 0.255 e. The first-order chi connectivity index (χ1) is 12.7. The molecule has 0 spiro atoms. The van der Waals surface area contributed by atoms with Gasteiger partial charge in [-0.25, -0.2) is 0 Å². The minimum atomic E-state index is -0.440. The summed E-state index contributed by atoms with van der Waals surface area (Å²) < 4.78 is 10.6. The molecule has 0 atom stereocenters. The molecule has 28 heavy (non-hydrogen) atoms. The molecule has 0 saturated carbocycles. The lowest BCUT2D eigenvalue weighted by atomic mass is 9.95. The van der Waals surface area contributed by atoms with Gasteiger partial charge < -0.3 is 25.8 Å². The van der Waals surface area contributed by atoms with Gasteiger partial charge in [-0.2, -0.15) is 0 Å². The third-order valence-corrected chi connectivity index (χ3v) is 4.14. The van der Waals surface area contributed by atoms with Crippen LogP contribution >= 0.6 is 12.4 Å². The summed E-state index contributed by atoms with van der Waals surface area (Å²) in [5.41, 5.74) is 7.77. The molecule has 0 saturated heterocycles. The molecule has 150 valence electrons. The van der Waals surface area contributed by atoms with E-state index in [1.54, 1.807) is 36.4 Å². The van der Waals surface area contributed by atoms with E-state index in [4.69, 9.17) is 15.2 Å². The van der Waals surface area contributed by atoms with E-state index in [0.717, 1.165) is 5.56 Å². The zero-order chi connectivity index (χ0) is 19.6. The van der Waals surface area contributed by atoms with Gasteiger partial charge in [-0.3, -0.25) is 9.59 Å². The molecule has 4 N–H and O–H groups in total. The summed E-state index contributed by atoms with van der Waals surface area (Å²) in [5.74, 6) is 0.796. The Hall–Kier alpha value is -2.93. The van der Waals surface area contributed by atoms with Gasteiger partial charge in [0.05, 0.1) is 11.4 Å². The molecular formula is C20H24ClN3O4. The number of amides is 2. The van der Waals surface area contributed by atoms with Gasteiger partial charge in [-0.05, 0) is 17.7 Å². The predicted octanol–water partition coefficient (Wildman–Crippen LogP) is 3.33. The summed E-state index contributed by atoms with van der Waals surface area (Å²) in [7, 11) is 0. The monoisotopic (exact) mass is 405 g/mol. The number of fused-ring (bicyclic) bond motifs is 1. The van der Waals surface area contributed by atoms with Crippen molar-refractivity contribution in [1.29, 1.82) is 0 Å². The number of carbonyl (C=O) groups excluding carboxylic acids is 2. The second-order valence-electron chi connectivity index (χ2n) is 7.38. The van der Waals surface area contributed by atoms with E-state index < -0.39 is 5.41 Å². The van der Waals surface area contributed by atoms with Crippen molar-refractivity contribution in [3.05, 3.63) is 47.5 Å². The van der Waals surface area contributed by atoms with Crippen molar-refractivity contribution in [2.75, 3.05) is 17.8 Å². The maximum absolute atomic E-state index is 12.5. The maximum Gasteiger partial charge on any atom is 0.255 e. The molecule has 0 aliphatic carbocycles. The van der Waals surface area contributed by atoms with Crippen LogP contribution in [0.3, 0.4) is 0 Å². The Morgan fingerprint density at radius 2 is 1.68 bits per heavy atom. The Morgan fingerprint density at radius 3 is 2.29 bits per heavy atom. The molecule has 2 aromatic rings. The Balaban J connectivity index is 0.00000280. The van der Waals surface area contributed by atoms with Gasteiger partial charge in [-0.15, -0.1) is 12.4 Å². The second kappa shape index (κ2) is 8.39. The number of anilines is 2. The van der Waals surface area contributed by atoms with E-state index in [1.165, 1.54) is 0 Å². The van der Waals surface area contributed by atoms with E-state index in [0.29, 0.717) is 35.0 Å². The third kappa shape index (κ3) is 4.86. The first-order valence-corrected chi connectivity index (χ1v) is 8.62. The number of nitrogen functional groups attached to an aromatic ring is 1. The van der Waals surface area contributed by atoms with E-state index in [2.05, 4.69) is 10.6 Å². The highest BCUT2D eigenvalue weighted by molar-refractivity contribution is 6.06. The van der Waals surface area contributed by atoms with Crippen molar-refractivity contribution < 1.29 is 19.1 Å². The van der Waals surface area contributed by atoms with Crippen molar-refractivity contribution in [1.82, 2.24) is 5.32 Å². The fraction of sp³-hybridized carbons (Fsp3) is 0.300. The quantitative estimate of drug-likeness (QED) is 0.677. The van der Waals surface area contributed by atoms with Crippen LogP contribution in [0.5, 0.6) is 11.5 Å². The SMILES string of the molecule is CC(C)(C)C(=O)NCc1ccc(C(=O)Nc2cc3c(cc2N)OCO3)cc1.Cl. The van der Waals surface area contributed by atoms with Gasteiger partial charge >= 0.3 is 0 Å². The first-order valence-electron chi connectivity index (χ1n) is 8.62. The molecule has 2 amide bonds. The number of nitrogens with one attached hydrogen (secondary N) is 2. The van der Waals surface area contributed by atoms with Gasteiger partial charge in [0.1, 0.15) is 0 Å². The molecule has 0 fully saturated rings. The Morgan fingerprint density at radius 1 is 1.07 bits per heavy atom.